The first-order chi connectivity index (χ1) is 11.6. The van der Waals surface area contributed by atoms with Gasteiger partial charge in [-0.2, -0.15) is 0 Å². The van der Waals surface area contributed by atoms with Gasteiger partial charge in [0, 0.05) is 36.3 Å². The van der Waals surface area contributed by atoms with Crippen molar-refractivity contribution in [2.45, 2.75) is 6.67 Å². The Balaban J connectivity index is 1.93. The molecule has 0 saturated heterocycles. The number of hydrogen-bond donors (Lipinski definition) is 1. The molecule has 1 N–H and O–H groups in total. The van der Waals surface area contributed by atoms with E-state index in [2.05, 4.69) is 5.32 Å². The minimum absolute atomic E-state index is 0.300. The third kappa shape index (κ3) is 3.20. The lowest BCUT2D eigenvalue weighted by Gasteiger charge is -2.11. The number of para-hydroxylation sites is 1. The van der Waals surface area contributed by atoms with Crippen molar-refractivity contribution in [3.8, 4) is 11.1 Å². The fourth-order valence-electron chi connectivity index (χ4n) is 2.61. The number of aromatic nitrogens is 1. The number of amides is 1. The summed E-state index contributed by atoms with van der Waals surface area (Å²) in [4.78, 5) is 12.5. The molecule has 24 heavy (non-hydrogen) atoms. The maximum absolute atomic E-state index is 13.1. The third-order valence-corrected chi connectivity index (χ3v) is 3.76. The minimum atomic E-state index is -0.705. The highest BCUT2D eigenvalue weighted by molar-refractivity contribution is 6.07. The lowest BCUT2D eigenvalue weighted by atomic mass is 10.0. The summed E-state index contributed by atoms with van der Waals surface area (Å²) in [7, 11) is 1.74. The van der Waals surface area contributed by atoms with Gasteiger partial charge in [0.25, 0.3) is 5.91 Å². The highest BCUT2D eigenvalue weighted by atomic mass is 19.1. The molecule has 3 aromatic rings. The molecule has 0 aliphatic carbocycles. The molecule has 0 saturated carbocycles. The molecular weight excluding hydrogens is 310 g/mol. The zero-order valence-electron chi connectivity index (χ0n) is 13.1. The molecule has 0 atom stereocenters. The van der Waals surface area contributed by atoms with Crippen molar-refractivity contribution < 1.29 is 13.6 Å². The quantitative estimate of drug-likeness (QED) is 0.749. The van der Waals surface area contributed by atoms with E-state index in [1.165, 1.54) is 12.1 Å². The topological polar surface area (TPSA) is 34.0 Å². The Morgan fingerprint density at radius 3 is 2.50 bits per heavy atom. The van der Waals surface area contributed by atoms with Gasteiger partial charge in [-0.25, -0.2) is 8.78 Å². The molecule has 122 valence electrons. The van der Waals surface area contributed by atoms with Gasteiger partial charge in [-0.05, 0) is 23.8 Å². The third-order valence-electron chi connectivity index (χ3n) is 3.76. The lowest BCUT2D eigenvalue weighted by molar-refractivity contribution is 0.102. The largest absolute Gasteiger partial charge is 0.356 e. The van der Waals surface area contributed by atoms with Crippen LogP contribution in [0, 0.1) is 5.82 Å². The molecule has 0 bridgehead atoms. The number of rotatable bonds is 4. The molecule has 1 heterocycles. The van der Waals surface area contributed by atoms with Crippen molar-refractivity contribution in [3.63, 3.8) is 0 Å². The monoisotopic (exact) mass is 326 g/mol. The fourth-order valence-corrected chi connectivity index (χ4v) is 2.61. The van der Waals surface area contributed by atoms with E-state index in [0.29, 0.717) is 16.8 Å². The lowest BCUT2D eigenvalue weighted by Crippen LogP contribution is -2.13. The molecule has 0 aliphatic rings. The van der Waals surface area contributed by atoms with E-state index in [1.807, 2.05) is 12.1 Å². The van der Waals surface area contributed by atoms with Crippen molar-refractivity contribution in [1.29, 1.82) is 0 Å². The molecule has 0 unspecified atom stereocenters. The second-order valence-corrected chi connectivity index (χ2v) is 5.50. The number of benzene rings is 2. The summed E-state index contributed by atoms with van der Waals surface area (Å²) in [6, 6.07) is 13.3. The van der Waals surface area contributed by atoms with Crippen LogP contribution < -0.4 is 5.32 Å². The first-order valence-electron chi connectivity index (χ1n) is 7.45. The van der Waals surface area contributed by atoms with Crippen molar-refractivity contribution >= 4 is 11.6 Å². The van der Waals surface area contributed by atoms with E-state index in [0.717, 1.165) is 11.1 Å². The predicted molar refractivity (Wildman–Crippen MR) is 90.0 cm³/mol. The van der Waals surface area contributed by atoms with Gasteiger partial charge in [-0.1, -0.05) is 30.3 Å². The summed E-state index contributed by atoms with van der Waals surface area (Å²) < 4.78 is 27.8. The maximum atomic E-state index is 13.1. The molecule has 0 aliphatic heterocycles. The second kappa shape index (κ2) is 6.66. The number of nitrogens with one attached hydrogen (secondary N) is 1. The van der Waals surface area contributed by atoms with Crippen molar-refractivity contribution in [1.82, 2.24) is 4.57 Å². The van der Waals surface area contributed by atoms with E-state index in [4.69, 9.17) is 0 Å². The molecule has 0 fully saturated rings. The summed E-state index contributed by atoms with van der Waals surface area (Å²) >= 11 is 0. The second-order valence-electron chi connectivity index (χ2n) is 5.50. The number of hydrogen-bond acceptors (Lipinski definition) is 1. The smallest absolute Gasteiger partial charge is 0.257 e. The summed E-state index contributed by atoms with van der Waals surface area (Å²) in [5.74, 6) is -0.699. The van der Waals surface area contributed by atoms with E-state index < -0.39 is 6.67 Å². The van der Waals surface area contributed by atoms with Crippen molar-refractivity contribution in [3.05, 3.63) is 77.9 Å². The van der Waals surface area contributed by atoms with Gasteiger partial charge in [0.05, 0.1) is 5.56 Å². The van der Waals surface area contributed by atoms with Crippen LogP contribution in [0.15, 0.2) is 60.9 Å². The summed E-state index contributed by atoms with van der Waals surface area (Å²) in [6.45, 7) is -0.705. The number of aryl methyl sites for hydroxylation is 1. The molecular formula is C19H16F2N2O. The number of nitrogens with zero attached hydrogens (tertiary/aromatic N) is 1. The van der Waals surface area contributed by atoms with Crippen LogP contribution in [-0.2, 0) is 13.7 Å². The fraction of sp³-hybridized carbons (Fsp3) is 0.105. The number of halogens is 2. The van der Waals surface area contributed by atoms with Crippen LogP contribution in [0.3, 0.4) is 0 Å². The Morgan fingerprint density at radius 2 is 1.79 bits per heavy atom. The first kappa shape index (κ1) is 15.9. The highest BCUT2D eigenvalue weighted by Crippen LogP contribution is 2.28. The summed E-state index contributed by atoms with van der Waals surface area (Å²) in [5.41, 5.74) is 2.78. The average Bonchev–Trinajstić information content (AvgIpc) is 2.97. The van der Waals surface area contributed by atoms with Gasteiger partial charge in [-0.15, -0.1) is 0 Å². The summed E-state index contributed by atoms with van der Waals surface area (Å²) in [5, 5.41) is 2.82. The van der Waals surface area contributed by atoms with Crippen LogP contribution in [0.2, 0.25) is 0 Å². The van der Waals surface area contributed by atoms with Crippen LogP contribution in [0.4, 0.5) is 14.5 Å². The van der Waals surface area contributed by atoms with Crippen LogP contribution >= 0.6 is 0 Å². The highest BCUT2D eigenvalue weighted by Gasteiger charge is 2.15. The Labute approximate surface area is 138 Å². The first-order valence-corrected chi connectivity index (χ1v) is 7.45. The molecule has 0 radical (unpaired) electrons. The van der Waals surface area contributed by atoms with Crippen LogP contribution in [0.5, 0.6) is 0 Å². The van der Waals surface area contributed by atoms with E-state index in [-0.39, 0.29) is 11.7 Å². The van der Waals surface area contributed by atoms with E-state index in [9.17, 15) is 13.6 Å². The van der Waals surface area contributed by atoms with Gasteiger partial charge in [0.15, 0.2) is 0 Å². The number of alkyl halides is 1. The van der Waals surface area contributed by atoms with E-state index >= 15 is 0 Å². The maximum Gasteiger partial charge on any atom is 0.257 e. The summed E-state index contributed by atoms with van der Waals surface area (Å²) in [6.07, 6.45) is 3.17. The zero-order valence-corrected chi connectivity index (χ0v) is 13.1. The van der Waals surface area contributed by atoms with Crippen LogP contribution in [0.25, 0.3) is 11.1 Å². The average molecular weight is 326 g/mol. The number of anilines is 1. The van der Waals surface area contributed by atoms with Gasteiger partial charge >= 0.3 is 0 Å². The molecule has 1 amide bonds. The molecule has 3 rings (SSSR count). The van der Waals surface area contributed by atoms with Crippen LogP contribution in [-0.4, -0.2) is 10.5 Å². The SMILES string of the molecule is Cn1cc(CF)c(C(=O)Nc2ccccc2-c2ccc(F)cc2)c1. The van der Waals surface area contributed by atoms with Gasteiger partial charge in [0.1, 0.15) is 12.5 Å². The molecule has 5 heteroatoms. The van der Waals surface area contributed by atoms with Crippen molar-refractivity contribution in [2.75, 3.05) is 5.32 Å². The normalized spacial score (nSPS) is 10.6. The minimum Gasteiger partial charge on any atom is -0.356 e. The van der Waals surface area contributed by atoms with Gasteiger partial charge in [0.2, 0.25) is 0 Å². The Kier molecular flexibility index (Phi) is 4.42. The molecule has 0 spiro atoms. The molecule has 1 aromatic heterocycles. The van der Waals surface area contributed by atoms with Crippen molar-refractivity contribution in [2.24, 2.45) is 7.05 Å². The van der Waals surface area contributed by atoms with Gasteiger partial charge < -0.3 is 9.88 Å². The van der Waals surface area contributed by atoms with Crippen LogP contribution in [0.1, 0.15) is 15.9 Å². The Bertz CT molecular complexity index is 869. The van der Waals surface area contributed by atoms with E-state index in [1.54, 1.807) is 48.3 Å². The number of carbonyl (C=O) groups excluding carboxylic acids is 1. The molecule has 3 nitrogen and oxygen atoms in total. The Morgan fingerprint density at radius 1 is 1.08 bits per heavy atom. The molecule has 2 aromatic carbocycles. The Hall–Kier alpha value is -2.95. The predicted octanol–water partition coefficient (Wildman–Crippen LogP) is 4.55. The standard InChI is InChI=1S/C19H16F2N2O/c1-23-11-14(10-20)17(12-23)19(24)22-18-5-3-2-4-16(18)13-6-8-15(21)9-7-13/h2-9,11-12H,10H2,1H3,(H,22,24). The number of carbonyl (C=O) groups is 1. The van der Waals surface area contributed by atoms with Gasteiger partial charge in [-0.3, -0.25) is 4.79 Å². The zero-order chi connectivity index (χ0) is 17.1.